The first kappa shape index (κ1) is 100. The summed E-state index contributed by atoms with van der Waals surface area (Å²) in [6, 6.07) is 3.13. The van der Waals surface area contributed by atoms with Crippen molar-refractivity contribution in [2.45, 2.75) is 254 Å². The van der Waals surface area contributed by atoms with E-state index in [4.69, 9.17) is 30.1 Å². The molecule has 14 nitrogen and oxygen atoms in total. The molecule has 1 aromatic carbocycles. The van der Waals surface area contributed by atoms with Gasteiger partial charge in [0, 0.05) is 43.5 Å². The standard InChI is InChI=1S/C23H28FNO6.C17H27FO3.C14H25F.C13H23FO.C9H14O2.C8H13FO/c1-12-9-16(24)20(27)21-18(30-23(3,4)31-21)8-6-7-14-10-15(25-5)11-17(26)19(14)22(28)29-13(12)2;1-12(2)13(3)11-14(18)15(19)9-7-8-10-21-16(20)17(4,5)6;1-6-7-8-9-12(4)14(15)10-13(5)11(2)3;1-5-6-7-8-13(15)12(14)9-11(4)10(2)3;1-5-6-7-11-8(10)9(2,3)4;1-6(2)7(3)4-8(9)5-10/h6-7,9-13,18,21,25-26H,8H2,1-5H3;11-13,15,19H,8,10H2,1-6H3;8-13H,6-7H2,1-5H3;7-11,13,15H,5-6H2,1-4H3;1H,6-7H2,2-4H3;4-7H,1-3H3/b7-6+,16-9+;14-11+;9-8-,14-10+;8-7-,12-9+;;8-4+/t12-,13+,18+,21+;13-,15+;12-,13+;11-,13+;;7-/m1101.1/s1. The van der Waals surface area contributed by atoms with E-state index < -0.39 is 88.1 Å². The topological polar surface area (TPSA) is 204 Å². The zero-order valence-electron chi connectivity index (χ0n) is 67.0. The maximum Gasteiger partial charge on any atom is 0.342 e. The number of halogens is 5. The predicted molar refractivity (Wildman–Crippen MR) is 408 cm³/mol. The van der Waals surface area contributed by atoms with Crippen LogP contribution in [0, 0.1) is 94.2 Å². The number of anilines is 1. The number of carbonyl (C=O) groups excluding carboxylic acids is 5. The number of ketones is 1. The van der Waals surface area contributed by atoms with Crippen LogP contribution < -0.4 is 5.32 Å². The lowest BCUT2D eigenvalue weighted by molar-refractivity contribution is -0.153. The minimum Gasteiger partial charge on any atom is -0.507 e. The third kappa shape index (κ3) is 44.5. The Hall–Kier alpha value is -6.90. The molecule has 1 fully saturated rings. The lowest BCUT2D eigenvalue weighted by Crippen LogP contribution is -2.32. The molecule has 0 amide bonds. The van der Waals surface area contributed by atoms with Gasteiger partial charge in [0.15, 0.2) is 35.9 Å². The van der Waals surface area contributed by atoms with Gasteiger partial charge in [-0.25, -0.2) is 26.7 Å². The molecule has 0 radical (unpaired) electrons. The highest BCUT2D eigenvalue weighted by molar-refractivity contribution is 5.98. The number of unbranched alkanes of at least 4 members (excludes halogenated alkanes) is 2. The van der Waals surface area contributed by atoms with Crippen LogP contribution in [0.1, 0.15) is 234 Å². The van der Waals surface area contributed by atoms with Crippen LogP contribution in [0.3, 0.4) is 0 Å². The number of terminal acetylenes is 1. The van der Waals surface area contributed by atoms with E-state index >= 15 is 0 Å². The summed E-state index contributed by atoms with van der Waals surface area (Å²) in [5.41, 5.74) is 0.0841. The fourth-order valence-electron chi connectivity index (χ4n) is 7.89. The van der Waals surface area contributed by atoms with Crippen LogP contribution in [0.4, 0.5) is 27.6 Å². The molecule has 2 heterocycles. The van der Waals surface area contributed by atoms with Gasteiger partial charge in [-0.05, 0) is 171 Å². The minimum atomic E-state index is -1.41. The maximum atomic E-state index is 14.7. The number of ether oxygens (including phenoxy) is 5. The number of cyclic esters (lactones) is 1. The van der Waals surface area contributed by atoms with Crippen molar-refractivity contribution in [3.63, 3.8) is 0 Å². The third-order valence-corrected chi connectivity index (χ3v) is 16.5. The molecule has 0 saturated carbocycles. The number of aldehydes is 1. The molecule has 2 aliphatic heterocycles. The Morgan fingerprint density at radius 1 is 0.718 bits per heavy atom. The summed E-state index contributed by atoms with van der Waals surface area (Å²) in [5, 5.41) is 32.4. The summed E-state index contributed by atoms with van der Waals surface area (Å²) in [6.45, 7) is 47.9. The molecular formula is C84H130F5NO13. The Kier molecular flexibility index (Phi) is 50.7. The summed E-state index contributed by atoms with van der Waals surface area (Å²) in [5.74, 6) is 2.94. The Morgan fingerprint density at radius 2 is 1.18 bits per heavy atom. The summed E-state index contributed by atoms with van der Waals surface area (Å²) in [4.78, 5) is 57.8. The third-order valence-electron chi connectivity index (χ3n) is 16.5. The number of aliphatic hydroxyl groups is 2. The van der Waals surface area contributed by atoms with Gasteiger partial charge in [-0.15, -0.1) is 12.3 Å². The number of allylic oxidation sites excluding steroid dienone is 9. The SMILES string of the molecule is C#CCCOC(=O)C(C)(C)C.CC(C)[C@H](C)/C=C(/F)C=O.CC(C)[C@H](C)/C=C(/F)[C@@H](O)C#CCCOC(=O)C(C)(C)C.CCC/C=C\[C@H](C)/C(F)=C\[C@@H](C)C(C)C.CCC/C=C\[C@H](O)/C(F)=C\[C@@H](C)C(C)C.CNc1cc(O)c2c(c1)/C=C/C[C@@H]1OC(C)(C)O[C@@H]1C(=O)/C(F)=C\[C@@H](C)[C@H](C)OC2=O. The molecule has 0 spiro atoms. The van der Waals surface area contributed by atoms with E-state index in [0.717, 1.165) is 31.8 Å². The number of hydrogen-bond donors (Lipinski definition) is 4. The first-order chi connectivity index (χ1) is 47.6. The fourth-order valence-corrected chi connectivity index (χ4v) is 7.89. The molecule has 1 saturated heterocycles. The molecule has 4 N–H and O–H groups in total. The second-order valence-electron chi connectivity index (χ2n) is 29.9. The number of nitrogens with one attached hydrogen (secondary N) is 1. The van der Waals surface area contributed by atoms with E-state index in [0.29, 0.717) is 53.9 Å². The first-order valence-electron chi connectivity index (χ1n) is 36.2. The number of rotatable bonds is 23. The number of benzene rings is 1. The normalized spacial score (nSPS) is 20.3. The van der Waals surface area contributed by atoms with Crippen LogP contribution in [0.5, 0.6) is 5.75 Å². The number of fused-ring (bicyclic) bond motifs is 2. The van der Waals surface area contributed by atoms with Crippen LogP contribution in [-0.4, -0.2) is 102 Å². The second-order valence-corrected chi connectivity index (χ2v) is 29.9. The minimum absolute atomic E-state index is 0.00329. The molecule has 2 aliphatic rings. The molecule has 0 aromatic heterocycles. The van der Waals surface area contributed by atoms with Crippen molar-refractivity contribution in [2.75, 3.05) is 25.6 Å². The fraction of sp³-hybridized carbons (Fsp3) is 0.631. The Labute approximate surface area is 617 Å². The monoisotopic (exact) mass is 1460 g/mol. The van der Waals surface area contributed by atoms with E-state index in [1.807, 2.05) is 109 Å². The molecule has 0 bridgehead atoms. The van der Waals surface area contributed by atoms with E-state index in [-0.39, 0.29) is 78.5 Å². The first-order valence-corrected chi connectivity index (χ1v) is 36.2. The van der Waals surface area contributed by atoms with Gasteiger partial charge in [0.2, 0.25) is 5.78 Å². The number of phenols is 1. The van der Waals surface area contributed by atoms with Crippen molar-refractivity contribution < 1.29 is 84.9 Å². The van der Waals surface area contributed by atoms with Gasteiger partial charge in [-0.1, -0.05) is 172 Å². The number of Topliss-reactive ketones (excluding diaryl/α,β-unsaturated/α-hetero) is 1. The van der Waals surface area contributed by atoms with Crippen molar-refractivity contribution >= 4 is 41.7 Å². The van der Waals surface area contributed by atoms with Crippen molar-refractivity contribution in [2.24, 2.45) is 70.0 Å². The Bertz CT molecular complexity index is 3020. The number of aromatic hydroxyl groups is 1. The molecule has 0 aliphatic carbocycles. The van der Waals surface area contributed by atoms with E-state index in [1.165, 1.54) is 30.4 Å². The zero-order chi connectivity index (χ0) is 80.3. The molecule has 1 aromatic rings. The molecule has 11 atom stereocenters. The predicted octanol–water partition coefficient (Wildman–Crippen LogP) is 20.4. The van der Waals surface area contributed by atoms with Crippen molar-refractivity contribution in [3.05, 3.63) is 113 Å². The molecule has 103 heavy (non-hydrogen) atoms. The Balaban J connectivity index is -0.00000123. The van der Waals surface area contributed by atoms with Gasteiger partial charge in [0.1, 0.15) is 54.2 Å². The number of hydrogen-bond acceptors (Lipinski definition) is 14. The number of phenolic OH excluding ortho intramolecular Hbond substituents is 1. The van der Waals surface area contributed by atoms with Gasteiger partial charge in [0.25, 0.3) is 0 Å². The number of carbonyl (C=O) groups is 5. The lowest BCUT2D eigenvalue weighted by Gasteiger charge is -2.20. The van der Waals surface area contributed by atoms with Gasteiger partial charge < -0.3 is 44.3 Å². The highest BCUT2D eigenvalue weighted by atomic mass is 19.1. The van der Waals surface area contributed by atoms with Crippen molar-refractivity contribution in [1.29, 1.82) is 0 Å². The molecule has 19 heteroatoms. The van der Waals surface area contributed by atoms with E-state index in [9.17, 15) is 61.2 Å². The average Bonchev–Trinajstić information content (AvgIpc) is 1.73. The van der Waals surface area contributed by atoms with Crippen molar-refractivity contribution in [3.8, 4) is 29.9 Å². The second kappa shape index (κ2) is 52.1. The molecule has 584 valence electrons. The maximum absolute atomic E-state index is 14.7. The van der Waals surface area contributed by atoms with Gasteiger partial charge in [0.05, 0.1) is 16.9 Å². The quantitative estimate of drug-likeness (QED) is 0.0118. The van der Waals surface area contributed by atoms with Crippen LogP contribution in [0.25, 0.3) is 6.08 Å². The van der Waals surface area contributed by atoms with Gasteiger partial charge in [-0.2, -0.15) is 0 Å². The summed E-state index contributed by atoms with van der Waals surface area (Å²) in [6.07, 6.45) is 23.0. The van der Waals surface area contributed by atoms with E-state index in [2.05, 4.69) is 56.8 Å². The summed E-state index contributed by atoms with van der Waals surface area (Å²) < 4.78 is 94.4. The van der Waals surface area contributed by atoms with Crippen LogP contribution >= 0.6 is 0 Å². The van der Waals surface area contributed by atoms with Crippen LogP contribution in [-0.2, 0) is 42.9 Å². The summed E-state index contributed by atoms with van der Waals surface area (Å²) >= 11 is 0. The number of aliphatic hydroxyl groups excluding tert-OH is 2. The highest BCUT2D eigenvalue weighted by Gasteiger charge is 2.46. The largest absolute Gasteiger partial charge is 0.507 e. The van der Waals surface area contributed by atoms with Crippen molar-refractivity contribution in [1.82, 2.24) is 0 Å². The molecular weight excluding hydrogens is 1330 g/mol. The zero-order valence-corrected chi connectivity index (χ0v) is 67.0. The van der Waals surface area contributed by atoms with Crippen LogP contribution in [0.2, 0.25) is 0 Å². The molecule has 0 unspecified atom stereocenters. The smallest absolute Gasteiger partial charge is 0.342 e. The molecule has 3 rings (SSSR count). The van der Waals surface area contributed by atoms with E-state index in [1.54, 1.807) is 79.8 Å². The van der Waals surface area contributed by atoms with Gasteiger partial charge in [-0.3, -0.25) is 19.2 Å². The lowest BCUT2D eigenvalue weighted by atomic mass is 9.95. The highest BCUT2D eigenvalue weighted by Crippen LogP contribution is 2.35. The number of esters is 3. The van der Waals surface area contributed by atoms with Crippen LogP contribution in [0.15, 0.2) is 102 Å². The average molecular weight is 1460 g/mol. The van der Waals surface area contributed by atoms with Gasteiger partial charge >= 0.3 is 17.9 Å². The summed E-state index contributed by atoms with van der Waals surface area (Å²) in [7, 11) is 1.69. The Morgan fingerprint density at radius 3 is 1.64 bits per heavy atom.